The van der Waals surface area contributed by atoms with Crippen LogP contribution < -0.4 is 0 Å². The smallest absolute Gasteiger partial charge is 0.329 e. The first-order valence-corrected chi connectivity index (χ1v) is 8.56. The molecule has 1 aliphatic rings. The highest BCUT2D eigenvalue weighted by atomic mass is 19.4. The number of alkyl halides is 3. The standard InChI is InChI=1S/C17H17F3N6O/c18-17(19,20)16-24-15(25-27-16)12-3-4-14(21-8-12)13-2-1-5-26(10-13)9-11-6-22-23-7-11/h3-4,6-8,13H,1-2,5,9-10H2,(H,22,23). The van der Waals surface area contributed by atoms with Crippen LogP contribution in [0.25, 0.3) is 11.4 Å². The van der Waals surface area contributed by atoms with Crippen molar-refractivity contribution in [3.63, 3.8) is 0 Å². The molecule has 142 valence electrons. The van der Waals surface area contributed by atoms with Crippen LogP contribution in [-0.4, -0.2) is 43.3 Å². The Bertz CT molecular complexity index is 875. The van der Waals surface area contributed by atoms with Crippen LogP contribution >= 0.6 is 0 Å². The summed E-state index contributed by atoms with van der Waals surface area (Å²) in [6.07, 6.45) is 2.63. The summed E-state index contributed by atoms with van der Waals surface area (Å²) in [5.74, 6) is -1.20. The van der Waals surface area contributed by atoms with Crippen molar-refractivity contribution in [3.05, 3.63) is 47.9 Å². The average molecular weight is 378 g/mol. The summed E-state index contributed by atoms with van der Waals surface area (Å²) >= 11 is 0. The molecule has 1 N–H and O–H groups in total. The first-order valence-electron chi connectivity index (χ1n) is 8.56. The summed E-state index contributed by atoms with van der Waals surface area (Å²) in [4.78, 5) is 10.2. The molecule has 1 aliphatic heterocycles. The van der Waals surface area contributed by atoms with Crippen molar-refractivity contribution < 1.29 is 17.7 Å². The van der Waals surface area contributed by atoms with E-state index < -0.39 is 12.1 Å². The van der Waals surface area contributed by atoms with Crippen LogP contribution in [0.15, 0.2) is 35.2 Å². The van der Waals surface area contributed by atoms with Crippen LogP contribution in [0.3, 0.4) is 0 Å². The van der Waals surface area contributed by atoms with E-state index in [0.717, 1.165) is 43.7 Å². The first kappa shape index (κ1) is 17.7. The third kappa shape index (κ3) is 4.00. The van der Waals surface area contributed by atoms with E-state index in [2.05, 4.69) is 34.7 Å². The number of likely N-dealkylation sites (tertiary alicyclic amines) is 1. The second kappa shape index (κ2) is 7.10. The number of nitrogens with zero attached hydrogens (tertiary/aromatic N) is 5. The van der Waals surface area contributed by atoms with Crippen LogP contribution in [0, 0.1) is 0 Å². The van der Waals surface area contributed by atoms with Gasteiger partial charge in [0.2, 0.25) is 5.82 Å². The van der Waals surface area contributed by atoms with E-state index in [0.29, 0.717) is 5.56 Å². The van der Waals surface area contributed by atoms with Gasteiger partial charge in [0.25, 0.3) is 0 Å². The molecule has 1 unspecified atom stereocenters. The molecule has 0 amide bonds. The number of piperidine rings is 1. The second-order valence-electron chi connectivity index (χ2n) is 6.57. The molecule has 0 radical (unpaired) electrons. The Hall–Kier alpha value is -2.75. The lowest BCUT2D eigenvalue weighted by Gasteiger charge is -2.32. The van der Waals surface area contributed by atoms with Crippen molar-refractivity contribution in [2.24, 2.45) is 0 Å². The summed E-state index contributed by atoms with van der Waals surface area (Å²) in [7, 11) is 0. The molecule has 27 heavy (non-hydrogen) atoms. The Labute approximate surface area is 152 Å². The van der Waals surface area contributed by atoms with E-state index >= 15 is 0 Å². The van der Waals surface area contributed by atoms with E-state index in [1.54, 1.807) is 6.07 Å². The molecular formula is C17H17F3N6O. The molecule has 10 heteroatoms. The Kier molecular flexibility index (Phi) is 4.65. The molecule has 0 spiro atoms. The number of rotatable bonds is 4. The minimum atomic E-state index is -4.65. The third-order valence-electron chi connectivity index (χ3n) is 4.60. The van der Waals surface area contributed by atoms with Gasteiger partial charge in [-0.1, -0.05) is 5.16 Å². The lowest BCUT2D eigenvalue weighted by atomic mass is 9.94. The molecule has 0 saturated carbocycles. The lowest BCUT2D eigenvalue weighted by molar-refractivity contribution is -0.159. The predicted molar refractivity (Wildman–Crippen MR) is 88.4 cm³/mol. The molecule has 4 rings (SSSR count). The maximum absolute atomic E-state index is 12.6. The van der Waals surface area contributed by atoms with Crippen molar-refractivity contribution in [1.82, 2.24) is 30.2 Å². The molecular weight excluding hydrogens is 361 g/mol. The molecule has 7 nitrogen and oxygen atoms in total. The highest BCUT2D eigenvalue weighted by Gasteiger charge is 2.38. The van der Waals surface area contributed by atoms with Crippen molar-refractivity contribution in [2.75, 3.05) is 13.1 Å². The fourth-order valence-electron chi connectivity index (χ4n) is 3.30. The zero-order chi connectivity index (χ0) is 18.9. The largest absolute Gasteiger partial charge is 0.471 e. The molecule has 0 aromatic carbocycles. The normalized spacial score (nSPS) is 18.7. The molecule has 3 aromatic heterocycles. The molecule has 4 heterocycles. The number of hydrogen-bond donors (Lipinski definition) is 1. The van der Waals surface area contributed by atoms with Crippen LogP contribution in [0.1, 0.15) is 35.9 Å². The van der Waals surface area contributed by atoms with Crippen molar-refractivity contribution in [1.29, 1.82) is 0 Å². The van der Waals surface area contributed by atoms with Crippen molar-refractivity contribution >= 4 is 0 Å². The number of halogens is 3. The van der Waals surface area contributed by atoms with Crippen LogP contribution in [-0.2, 0) is 12.7 Å². The van der Waals surface area contributed by atoms with Gasteiger partial charge in [-0.25, -0.2) is 0 Å². The van der Waals surface area contributed by atoms with E-state index in [1.165, 1.54) is 6.20 Å². The van der Waals surface area contributed by atoms with Crippen molar-refractivity contribution in [2.45, 2.75) is 31.5 Å². The highest BCUT2D eigenvalue weighted by Crippen LogP contribution is 2.30. The van der Waals surface area contributed by atoms with Gasteiger partial charge in [-0.15, -0.1) is 0 Å². The minimum Gasteiger partial charge on any atom is -0.329 e. The maximum atomic E-state index is 12.6. The van der Waals surface area contributed by atoms with Gasteiger partial charge in [-0.2, -0.15) is 23.3 Å². The third-order valence-corrected chi connectivity index (χ3v) is 4.60. The number of hydrogen-bond acceptors (Lipinski definition) is 6. The summed E-state index contributed by atoms with van der Waals surface area (Å²) in [6.45, 7) is 2.72. The van der Waals surface area contributed by atoms with E-state index in [-0.39, 0.29) is 11.7 Å². The van der Waals surface area contributed by atoms with E-state index in [9.17, 15) is 13.2 Å². The summed E-state index contributed by atoms with van der Waals surface area (Å²) in [5, 5.41) is 10.2. The van der Waals surface area contributed by atoms with Gasteiger partial charge in [-0.05, 0) is 31.5 Å². The van der Waals surface area contributed by atoms with Gasteiger partial charge in [0.1, 0.15) is 0 Å². The van der Waals surface area contributed by atoms with Gasteiger partial charge >= 0.3 is 12.1 Å². The topological polar surface area (TPSA) is 83.7 Å². The number of nitrogens with one attached hydrogen (secondary N) is 1. The van der Waals surface area contributed by atoms with Gasteiger partial charge in [-0.3, -0.25) is 15.0 Å². The number of aromatic nitrogens is 5. The second-order valence-corrected chi connectivity index (χ2v) is 6.57. The van der Waals surface area contributed by atoms with Gasteiger partial charge in [0.15, 0.2) is 0 Å². The maximum Gasteiger partial charge on any atom is 0.471 e. The van der Waals surface area contributed by atoms with Gasteiger partial charge in [0, 0.05) is 48.2 Å². The molecule has 3 aromatic rings. The highest BCUT2D eigenvalue weighted by molar-refractivity contribution is 5.52. The zero-order valence-electron chi connectivity index (χ0n) is 14.3. The summed E-state index contributed by atoms with van der Waals surface area (Å²) < 4.78 is 42.0. The molecule has 1 saturated heterocycles. The van der Waals surface area contributed by atoms with E-state index in [1.807, 2.05) is 18.5 Å². The summed E-state index contributed by atoms with van der Waals surface area (Å²) in [5.41, 5.74) is 2.44. The average Bonchev–Trinajstić information content (AvgIpc) is 3.34. The number of aromatic amines is 1. The summed E-state index contributed by atoms with van der Waals surface area (Å²) in [6, 6.07) is 3.51. The van der Waals surface area contributed by atoms with Gasteiger partial charge in [0.05, 0.1) is 6.20 Å². The Morgan fingerprint density at radius 2 is 2.15 bits per heavy atom. The SMILES string of the molecule is FC(F)(F)c1nc(-c2ccc(C3CCCN(Cc4cn[nH]c4)C3)nc2)no1. The van der Waals surface area contributed by atoms with E-state index in [4.69, 9.17) is 0 Å². The molecule has 0 aliphatic carbocycles. The lowest BCUT2D eigenvalue weighted by Crippen LogP contribution is -2.34. The number of H-pyrrole nitrogens is 1. The van der Waals surface area contributed by atoms with Crippen LogP contribution in [0.5, 0.6) is 0 Å². The van der Waals surface area contributed by atoms with Crippen molar-refractivity contribution in [3.8, 4) is 11.4 Å². The zero-order valence-corrected chi connectivity index (χ0v) is 14.3. The van der Waals surface area contributed by atoms with Crippen LogP contribution in [0.4, 0.5) is 13.2 Å². The Morgan fingerprint density at radius 3 is 2.81 bits per heavy atom. The Balaban J connectivity index is 1.44. The predicted octanol–water partition coefficient (Wildman–Crippen LogP) is 3.25. The molecule has 1 atom stereocenters. The molecule has 1 fully saturated rings. The first-order chi connectivity index (χ1) is 13.0. The van der Waals surface area contributed by atoms with Crippen LogP contribution in [0.2, 0.25) is 0 Å². The fraction of sp³-hybridized carbons (Fsp3) is 0.412. The molecule has 0 bridgehead atoms. The Morgan fingerprint density at radius 1 is 1.26 bits per heavy atom. The monoisotopic (exact) mass is 378 g/mol. The fourth-order valence-corrected chi connectivity index (χ4v) is 3.30. The minimum absolute atomic E-state index is 0.119. The van der Waals surface area contributed by atoms with Gasteiger partial charge < -0.3 is 4.52 Å². The quantitative estimate of drug-likeness (QED) is 0.750. The number of pyridine rings is 1.